The number of nitrogens with zero attached hydrogens (tertiary/aromatic N) is 3. The molecule has 2 aromatic heterocycles. The number of carbonyl (C=O) groups excluding carboxylic acids is 1. The summed E-state index contributed by atoms with van der Waals surface area (Å²) in [7, 11) is 0. The van der Waals surface area contributed by atoms with Crippen molar-refractivity contribution in [3.63, 3.8) is 0 Å². The highest BCUT2D eigenvalue weighted by Crippen LogP contribution is 2.19. The average Bonchev–Trinajstić information content (AvgIpc) is 3.13. The van der Waals surface area contributed by atoms with Crippen molar-refractivity contribution >= 4 is 28.8 Å². The lowest BCUT2D eigenvalue weighted by molar-refractivity contribution is -0.120. The first-order chi connectivity index (χ1) is 10.3. The summed E-state index contributed by atoms with van der Waals surface area (Å²) in [5, 5.41) is 9.20. The zero-order valence-corrected chi connectivity index (χ0v) is 11.9. The van der Waals surface area contributed by atoms with Crippen LogP contribution in [0.5, 0.6) is 0 Å². The van der Waals surface area contributed by atoms with Crippen LogP contribution in [0.4, 0.5) is 11.8 Å². The summed E-state index contributed by atoms with van der Waals surface area (Å²) in [6, 6.07) is 0.399. The summed E-state index contributed by atoms with van der Waals surface area (Å²) in [5.41, 5.74) is 1.35. The maximum absolute atomic E-state index is 11.7. The van der Waals surface area contributed by atoms with Crippen LogP contribution in [0.1, 0.15) is 26.2 Å². The number of imidazole rings is 1. The van der Waals surface area contributed by atoms with E-state index in [9.17, 15) is 4.79 Å². The first kappa shape index (κ1) is 13.6. The molecule has 0 unspecified atom stereocenters. The van der Waals surface area contributed by atoms with Crippen LogP contribution in [-0.2, 0) is 4.79 Å². The summed E-state index contributed by atoms with van der Waals surface area (Å²) in [5.74, 6) is 1.27. The van der Waals surface area contributed by atoms with Gasteiger partial charge in [0.2, 0.25) is 11.9 Å². The quantitative estimate of drug-likeness (QED) is 0.602. The number of aromatic amines is 1. The molecule has 112 valence electrons. The van der Waals surface area contributed by atoms with Gasteiger partial charge in [-0.25, -0.2) is 4.98 Å². The molecule has 0 aliphatic heterocycles. The number of amides is 1. The van der Waals surface area contributed by atoms with Gasteiger partial charge in [0, 0.05) is 25.6 Å². The van der Waals surface area contributed by atoms with Gasteiger partial charge >= 0.3 is 0 Å². The maximum atomic E-state index is 11.7. The van der Waals surface area contributed by atoms with Crippen LogP contribution in [0.25, 0.3) is 11.2 Å². The maximum Gasteiger partial charge on any atom is 0.226 e. The van der Waals surface area contributed by atoms with Crippen molar-refractivity contribution in [2.45, 2.75) is 32.2 Å². The topological polar surface area (TPSA) is 108 Å². The van der Waals surface area contributed by atoms with E-state index in [2.05, 4.69) is 35.9 Å². The summed E-state index contributed by atoms with van der Waals surface area (Å²) in [6.07, 6.45) is 4.21. The van der Waals surface area contributed by atoms with E-state index in [0.29, 0.717) is 36.4 Å². The standard InChI is InChI=1S/C13H19N7O/c1-2-14-13-19-11(10-12(20-13)17-7-16-10)15-6-5-9(21)18-8-3-4-8/h7-8H,2-6H2,1H3,(H,18,21)(H3,14,15,16,17,19,20). The lowest BCUT2D eigenvalue weighted by Gasteiger charge is -2.09. The lowest BCUT2D eigenvalue weighted by atomic mass is 10.3. The summed E-state index contributed by atoms with van der Waals surface area (Å²) < 4.78 is 0. The zero-order valence-electron chi connectivity index (χ0n) is 11.9. The number of aromatic nitrogens is 4. The summed E-state index contributed by atoms with van der Waals surface area (Å²) in [6.45, 7) is 3.24. The second kappa shape index (κ2) is 5.94. The van der Waals surface area contributed by atoms with Crippen molar-refractivity contribution in [2.75, 3.05) is 23.7 Å². The Hall–Kier alpha value is -2.38. The number of anilines is 2. The molecule has 0 aromatic carbocycles. The number of H-pyrrole nitrogens is 1. The predicted molar refractivity (Wildman–Crippen MR) is 80.1 cm³/mol. The summed E-state index contributed by atoms with van der Waals surface area (Å²) in [4.78, 5) is 27.5. The molecule has 0 bridgehead atoms. The Balaban J connectivity index is 1.64. The molecule has 1 fully saturated rings. The van der Waals surface area contributed by atoms with Crippen molar-refractivity contribution in [3.05, 3.63) is 6.33 Å². The molecule has 21 heavy (non-hydrogen) atoms. The molecule has 2 aromatic rings. The third kappa shape index (κ3) is 3.39. The SMILES string of the molecule is CCNc1nc(NCCC(=O)NC2CC2)c2[nH]cnc2n1. The van der Waals surface area contributed by atoms with Gasteiger partial charge in [-0.15, -0.1) is 0 Å². The van der Waals surface area contributed by atoms with E-state index in [0.717, 1.165) is 24.9 Å². The predicted octanol–water partition coefficient (Wildman–Crippen LogP) is 0.865. The van der Waals surface area contributed by atoms with E-state index in [-0.39, 0.29) is 5.91 Å². The van der Waals surface area contributed by atoms with Gasteiger partial charge in [-0.1, -0.05) is 0 Å². The van der Waals surface area contributed by atoms with E-state index in [1.54, 1.807) is 6.33 Å². The van der Waals surface area contributed by atoms with Crippen molar-refractivity contribution in [1.29, 1.82) is 0 Å². The highest BCUT2D eigenvalue weighted by atomic mass is 16.1. The third-order valence-corrected chi connectivity index (χ3v) is 3.21. The molecule has 0 atom stereocenters. The first-order valence-corrected chi connectivity index (χ1v) is 7.24. The Morgan fingerprint density at radius 3 is 3.00 bits per heavy atom. The monoisotopic (exact) mass is 289 g/mol. The molecule has 0 spiro atoms. The molecule has 0 saturated heterocycles. The van der Waals surface area contributed by atoms with Crippen LogP contribution in [0.15, 0.2) is 6.33 Å². The zero-order chi connectivity index (χ0) is 14.7. The second-order valence-electron chi connectivity index (χ2n) is 5.05. The van der Waals surface area contributed by atoms with E-state index in [1.165, 1.54) is 0 Å². The minimum absolute atomic E-state index is 0.0758. The Labute approximate surface area is 122 Å². The fourth-order valence-corrected chi connectivity index (χ4v) is 2.02. The Bertz CT molecular complexity index is 634. The van der Waals surface area contributed by atoms with Gasteiger partial charge in [0.05, 0.1) is 6.33 Å². The van der Waals surface area contributed by atoms with Crippen LogP contribution in [0.2, 0.25) is 0 Å². The number of rotatable bonds is 7. The lowest BCUT2D eigenvalue weighted by Crippen LogP contribution is -2.27. The molecule has 0 radical (unpaired) electrons. The number of fused-ring (bicyclic) bond motifs is 1. The first-order valence-electron chi connectivity index (χ1n) is 7.24. The number of carbonyl (C=O) groups is 1. The molecule has 2 heterocycles. The smallest absolute Gasteiger partial charge is 0.226 e. The van der Waals surface area contributed by atoms with Gasteiger partial charge < -0.3 is 20.9 Å². The second-order valence-corrected chi connectivity index (χ2v) is 5.05. The van der Waals surface area contributed by atoms with Gasteiger partial charge in [0.25, 0.3) is 0 Å². The molecule has 8 heteroatoms. The fourth-order valence-electron chi connectivity index (χ4n) is 2.02. The minimum atomic E-state index is 0.0758. The molecular formula is C13H19N7O. The van der Waals surface area contributed by atoms with Crippen LogP contribution in [0.3, 0.4) is 0 Å². The fraction of sp³-hybridized carbons (Fsp3) is 0.538. The van der Waals surface area contributed by atoms with Gasteiger partial charge in [0.15, 0.2) is 11.5 Å². The molecule has 1 aliphatic rings. The third-order valence-electron chi connectivity index (χ3n) is 3.21. The molecule has 1 aliphatic carbocycles. The van der Waals surface area contributed by atoms with Crippen LogP contribution >= 0.6 is 0 Å². The van der Waals surface area contributed by atoms with Crippen molar-refractivity contribution in [2.24, 2.45) is 0 Å². The van der Waals surface area contributed by atoms with E-state index in [1.807, 2.05) is 6.92 Å². The highest BCUT2D eigenvalue weighted by Gasteiger charge is 2.22. The molecule has 8 nitrogen and oxygen atoms in total. The van der Waals surface area contributed by atoms with Gasteiger partial charge in [0.1, 0.15) is 5.52 Å². The number of nitrogens with one attached hydrogen (secondary N) is 4. The van der Waals surface area contributed by atoms with Crippen LogP contribution in [0, 0.1) is 0 Å². The van der Waals surface area contributed by atoms with Gasteiger partial charge in [-0.3, -0.25) is 4.79 Å². The number of hydrogen-bond donors (Lipinski definition) is 4. The molecule has 4 N–H and O–H groups in total. The Morgan fingerprint density at radius 2 is 2.24 bits per heavy atom. The van der Waals surface area contributed by atoms with E-state index < -0.39 is 0 Å². The van der Waals surface area contributed by atoms with Crippen molar-refractivity contribution in [3.8, 4) is 0 Å². The molecule has 1 amide bonds. The van der Waals surface area contributed by atoms with E-state index in [4.69, 9.17) is 0 Å². The van der Waals surface area contributed by atoms with Crippen LogP contribution < -0.4 is 16.0 Å². The van der Waals surface area contributed by atoms with Crippen molar-refractivity contribution < 1.29 is 4.79 Å². The highest BCUT2D eigenvalue weighted by molar-refractivity contribution is 5.84. The van der Waals surface area contributed by atoms with Crippen LogP contribution in [-0.4, -0.2) is 45.0 Å². The Kier molecular flexibility index (Phi) is 3.85. The molecule has 1 saturated carbocycles. The Morgan fingerprint density at radius 1 is 1.38 bits per heavy atom. The molecule has 3 rings (SSSR count). The molecular weight excluding hydrogens is 270 g/mol. The minimum Gasteiger partial charge on any atom is -0.368 e. The average molecular weight is 289 g/mol. The normalized spacial score (nSPS) is 14.1. The summed E-state index contributed by atoms with van der Waals surface area (Å²) >= 11 is 0. The van der Waals surface area contributed by atoms with E-state index >= 15 is 0 Å². The largest absolute Gasteiger partial charge is 0.368 e. The van der Waals surface area contributed by atoms with Gasteiger partial charge in [-0.2, -0.15) is 9.97 Å². The van der Waals surface area contributed by atoms with Crippen molar-refractivity contribution in [1.82, 2.24) is 25.3 Å². The number of hydrogen-bond acceptors (Lipinski definition) is 6. The van der Waals surface area contributed by atoms with Gasteiger partial charge in [-0.05, 0) is 19.8 Å².